The number of nitrogens with zero attached hydrogens (tertiary/aromatic N) is 2. The molecule has 3 aromatic rings. The van der Waals surface area contributed by atoms with Crippen molar-refractivity contribution in [2.45, 2.75) is 26.1 Å². The van der Waals surface area contributed by atoms with E-state index in [0.29, 0.717) is 17.3 Å². The van der Waals surface area contributed by atoms with Crippen molar-refractivity contribution in [3.8, 4) is 0 Å². The summed E-state index contributed by atoms with van der Waals surface area (Å²) >= 11 is 0. The molecule has 0 aliphatic heterocycles. The quantitative estimate of drug-likeness (QED) is 0.312. The Hall–Kier alpha value is -3.06. The summed E-state index contributed by atoms with van der Waals surface area (Å²) in [5, 5.41) is 6.36. The highest BCUT2D eigenvalue weighted by Gasteiger charge is 2.10. The van der Waals surface area contributed by atoms with Crippen LogP contribution in [0.5, 0.6) is 0 Å². The average molecular weight is 505 g/mol. The molecule has 3 rings (SSSR count). The maximum absolute atomic E-state index is 11.7. The lowest BCUT2D eigenvalue weighted by Gasteiger charge is -2.12. The van der Waals surface area contributed by atoms with Crippen molar-refractivity contribution < 1.29 is 16.8 Å². The van der Waals surface area contributed by atoms with Gasteiger partial charge in [0.05, 0.1) is 11.5 Å². The van der Waals surface area contributed by atoms with Gasteiger partial charge in [-0.25, -0.2) is 31.3 Å². The number of hydrogen-bond acceptors (Lipinski definition) is 8. The number of benzene rings is 2. The Kier molecular flexibility index (Phi) is 8.20. The summed E-state index contributed by atoms with van der Waals surface area (Å²) in [6.07, 6.45) is 1.69. The minimum Gasteiger partial charge on any atom is -0.340 e. The number of nitrogens with one attached hydrogen (secondary N) is 4. The van der Waals surface area contributed by atoms with Crippen LogP contribution in [-0.2, 0) is 32.3 Å². The Balaban J connectivity index is 1.66. The Bertz CT molecular complexity index is 1330. The van der Waals surface area contributed by atoms with Crippen LogP contribution in [0.1, 0.15) is 23.6 Å². The molecular formula is C22H28N6O4S2. The monoisotopic (exact) mass is 504 g/mol. The maximum Gasteiger partial charge on any atom is 0.229 e. The smallest absolute Gasteiger partial charge is 0.229 e. The van der Waals surface area contributed by atoms with Gasteiger partial charge in [0.1, 0.15) is 5.82 Å². The van der Waals surface area contributed by atoms with Gasteiger partial charge in [-0.05, 0) is 56.3 Å². The molecule has 0 unspecified atom stereocenters. The van der Waals surface area contributed by atoms with Crippen molar-refractivity contribution in [1.82, 2.24) is 19.4 Å². The van der Waals surface area contributed by atoms with Crippen LogP contribution in [0.3, 0.4) is 0 Å². The second-order valence-corrected chi connectivity index (χ2v) is 11.6. The molecule has 0 spiro atoms. The molecule has 0 aliphatic carbocycles. The zero-order valence-electron chi connectivity index (χ0n) is 19.2. The molecule has 34 heavy (non-hydrogen) atoms. The van der Waals surface area contributed by atoms with Crippen molar-refractivity contribution in [3.63, 3.8) is 0 Å². The summed E-state index contributed by atoms with van der Waals surface area (Å²) in [5.74, 6) is 0.948. The van der Waals surface area contributed by atoms with E-state index in [1.54, 1.807) is 37.4 Å². The Morgan fingerprint density at radius 1 is 0.824 bits per heavy atom. The highest BCUT2D eigenvalue weighted by molar-refractivity contribution is 7.89. The fourth-order valence-electron chi connectivity index (χ4n) is 2.87. The van der Waals surface area contributed by atoms with Gasteiger partial charge in [-0.1, -0.05) is 24.3 Å². The van der Waals surface area contributed by atoms with E-state index in [-0.39, 0.29) is 18.1 Å². The Labute approximate surface area is 200 Å². The lowest BCUT2D eigenvalue weighted by atomic mass is 10.2. The highest BCUT2D eigenvalue weighted by atomic mass is 32.2. The normalized spacial score (nSPS) is 11.9. The summed E-state index contributed by atoms with van der Waals surface area (Å²) < 4.78 is 51.4. The Morgan fingerprint density at radius 2 is 1.41 bits per heavy atom. The van der Waals surface area contributed by atoms with Crippen LogP contribution in [0, 0.1) is 6.92 Å². The first-order chi connectivity index (χ1) is 16.1. The van der Waals surface area contributed by atoms with Crippen LogP contribution in [0.4, 0.5) is 23.1 Å². The molecule has 2 aromatic carbocycles. The lowest BCUT2D eigenvalue weighted by Crippen LogP contribution is -2.24. The first kappa shape index (κ1) is 25.6. The zero-order valence-corrected chi connectivity index (χ0v) is 20.8. The van der Waals surface area contributed by atoms with Gasteiger partial charge in [-0.15, -0.1) is 0 Å². The molecule has 0 saturated carbocycles. The average Bonchev–Trinajstić information content (AvgIpc) is 2.82. The van der Waals surface area contributed by atoms with Crippen LogP contribution in [0.2, 0.25) is 0 Å². The molecule has 10 nitrogen and oxygen atoms in total. The van der Waals surface area contributed by atoms with E-state index in [1.807, 2.05) is 31.2 Å². The molecule has 0 atom stereocenters. The zero-order chi connectivity index (χ0) is 24.8. The molecule has 12 heteroatoms. The largest absolute Gasteiger partial charge is 0.340 e. The van der Waals surface area contributed by atoms with Gasteiger partial charge < -0.3 is 10.6 Å². The van der Waals surface area contributed by atoms with E-state index >= 15 is 0 Å². The molecule has 0 saturated heterocycles. The van der Waals surface area contributed by atoms with Gasteiger partial charge in [-0.2, -0.15) is 4.98 Å². The van der Waals surface area contributed by atoms with E-state index in [2.05, 4.69) is 30.0 Å². The molecule has 1 heterocycles. The van der Waals surface area contributed by atoms with Crippen molar-refractivity contribution in [2.24, 2.45) is 0 Å². The molecule has 0 radical (unpaired) electrons. The third-order valence-electron chi connectivity index (χ3n) is 4.94. The van der Waals surface area contributed by atoms with Gasteiger partial charge in [0.2, 0.25) is 26.0 Å². The van der Waals surface area contributed by atoms with Crippen LogP contribution < -0.4 is 20.1 Å². The standard InChI is InChI=1S/C22H28N6O4S2/c1-4-33(29,30)25-14-17-5-9-19(10-6-17)26-21-16(2)13-24-22(28-21)27-20-11-7-18(8-12-20)15-34(31,32)23-3/h5-13,23,25H,4,14-15H2,1-3H3,(H2,24,26,27,28). The molecular weight excluding hydrogens is 476 g/mol. The second-order valence-electron chi connectivity index (χ2n) is 7.56. The first-order valence-corrected chi connectivity index (χ1v) is 13.8. The number of aryl methyl sites for hydroxylation is 1. The predicted molar refractivity (Wildman–Crippen MR) is 134 cm³/mol. The maximum atomic E-state index is 11.7. The fourth-order valence-corrected chi connectivity index (χ4v) is 4.24. The van der Waals surface area contributed by atoms with Crippen molar-refractivity contribution in [3.05, 3.63) is 71.4 Å². The molecule has 0 fully saturated rings. The number of sulfonamides is 2. The second kappa shape index (κ2) is 10.9. The van der Waals surface area contributed by atoms with Crippen molar-refractivity contribution in [2.75, 3.05) is 23.4 Å². The molecule has 0 bridgehead atoms. The van der Waals surface area contributed by atoms with Gasteiger partial charge in [-0.3, -0.25) is 0 Å². The Morgan fingerprint density at radius 3 is 2.00 bits per heavy atom. The van der Waals surface area contributed by atoms with Crippen LogP contribution in [0.25, 0.3) is 0 Å². The summed E-state index contributed by atoms with van der Waals surface area (Å²) in [6.45, 7) is 3.71. The highest BCUT2D eigenvalue weighted by Crippen LogP contribution is 2.22. The van der Waals surface area contributed by atoms with Gasteiger partial charge in [0.15, 0.2) is 0 Å². The molecule has 1 aromatic heterocycles. The third kappa shape index (κ3) is 7.48. The van der Waals surface area contributed by atoms with E-state index in [0.717, 1.165) is 22.5 Å². The van der Waals surface area contributed by atoms with E-state index in [1.165, 1.54) is 7.05 Å². The first-order valence-electron chi connectivity index (χ1n) is 10.5. The number of hydrogen-bond donors (Lipinski definition) is 4. The topological polar surface area (TPSA) is 142 Å². The number of anilines is 4. The molecule has 0 amide bonds. The van der Waals surface area contributed by atoms with E-state index in [9.17, 15) is 16.8 Å². The lowest BCUT2D eigenvalue weighted by molar-refractivity contribution is 0.582. The summed E-state index contributed by atoms with van der Waals surface area (Å²) in [7, 11) is -5.19. The van der Waals surface area contributed by atoms with Gasteiger partial charge in [0, 0.05) is 29.7 Å². The minimum absolute atomic E-state index is 0.0401. The minimum atomic E-state index is -3.33. The molecule has 4 N–H and O–H groups in total. The molecule has 0 aliphatic rings. The number of rotatable bonds is 11. The predicted octanol–water partition coefficient (Wildman–Crippen LogP) is 2.76. The van der Waals surface area contributed by atoms with Gasteiger partial charge in [0.25, 0.3) is 0 Å². The molecule has 182 valence electrons. The summed E-state index contributed by atoms with van der Waals surface area (Å²) in [4.78, 5) is 8.84. The van der Waals surface area contributed by atoms with Crippen LogP contribution in [0.15, 0.2) is 54.7 Å². The van der Waals surface area contributed by atoms with E-state index in [4.69, 9.17) is 0 Å². The van der Waals surface area contributed by atoms with Crippen molar-refractivity contribution in [1.29, 1.82) is 0 Å². The number of aromatic nitrogens is 2. The van der Waals surface area contributed by atoms with Crippen LogP contribution >= 0.6 is 0 Å². The van der Waals surface area contributed by atoms with Gasteiger partial charge >= 0.3 is 0 Å². The summed E-state index contributed by atoms with van der Waals surface area (Å²) in [5.41, 5.74) is 3.87. The summed E-state index contributed by atoms with van der Waals surface area (Å²) in [6, 6.07) is 14.4. The van der Waals surface area contributed by atoms with E-state index < -0.39 is 20.0 Å². The fraction of sp³-hybridized carbons (Fsp3) is 0.273. The third-order valence-corrected chi connectivity index (χ3v) is 7.62. The van der Waals surface area contributed by atoms with Crippen LogP contribution in [-0.4, -0.2) is 39.6 Å². The van der Waals surface area contributed by atoms with Crippen molar-refractivity contribution >= 4 is 43.2 Å². The SMILES string of the molecule is CCS(=O)(=O)NCc1ccc(Nc2nc(Nc3ccc(CS(=O)(=O)NC)cc3)ncc2C)cc1.